The van der Waals surface area contributed by atoms with E-state index in [0.29, 0.717) is 19.7 Å². The van der Waals surface area contributed by atoms with Gasteiger partial charge in [-0.3, -0.25) is 0 Å². The van der Waals surface area contributed by atoms with Crippen molar-refractivity contribution in [3.8, 4) is 0 Å². The molecule has 0 unspecified atom stereocenters. The maximum Gasteiger partial charge on any atom is 0.318 e. The summed E-state index contributed by atoms with van der Waals surface area (Å²) in [7, 11) is 0. The van der Waals surface area contributed by atoms with Gasteiger partial charge in [-0.15, -0.1) is 11.3 Å². The van der Waals surface area contributed by atoms with Crippen molar-refractivity contribution in [3.05, 3.63) is 39.2 Å². The molecule has 1 saturated heterocycles. The Morgan fingerprint density at radius 1 is 1.46 bits per heavy atom. The van der Waals surface area contributed by atoms with Crippen molar-refractivity contribution < 1.29 is 13.9 Å². The molecule has 3 rings (SSSR count). The molecule has 1 N–H and O–H groups in total. The van der Waals surface area contributed by atoms with Crippen LogP contribution in [0, 0.1) is 20.8 Å². The molecule has 0 saturated carbocycles. The van der Waals surface area contributed by atoms with Gasteiger partial charge in [-0.1, -0.05) is 0 Å². The summed E-state index contributed by atoms with van der Waals surface area (Å²) in [5.74, 6) is 1.70. The first kappa shape index (κ1) is 17.0. The Labute approximate surface area is 145 Å². The Kier molecular flexibility index (Phi) is 4.91. The minimum absolute atomic E-state index is 0.0812. The molecular weight excluding hydrogens is 326 g/mol. The molecule has 1 aliphatic rings. The summed E-state index contributed by atoms with van der Waals surface area (Å²) >= 11 is 1.58. The Hall–Kier alpha value is -1.86. The second-order valence-corrected chi connectivity index (χ2v) is 7.06. The van der Waals surface area contributed by atoms with E-state index in [-0.39, 0.29) is 18.2 Å². The average Bonchev–Trinajstić information content (AvgIpc) is 3.12. The normalized spacial score (nSPS) is 19.3. The lowest BCUT2D eigenvalue weighted by Crippen LogP contribution is -2.47. The van der Waals surface area contributed by atoms with Gasteiger partial charge in [-0.2, -0.15) is 0 Å². The minimum atomic E-state index is -0.142. The van der Waals surface area contributed by atoms with Gasteiger partial charge in [-0.25, -0.2) is 9.78 Å². The zero-order valence-electron chi connectivity index (χ0n) is 14.5. The van der Waals surface area contributed by atoms with Crippen LogP contribution in [-0.2, 0) is 4.74 Å². The van der Waals surface area contributed by atoms with E-state index >= 15 is 0 Å². The van der Waals surface area contributed by atoms with E-state index in [9.17, 15) is 4.79 Å². The average molecular weight is 349 g/mol. The highest BCUT2D eigenvalue weighted by molar-refractivity contribution is 7.09. The summed E-state index contributed by atoms with van der Waals surface area (Å²) in [6, 6.07) is 1.79. The van der Waals surface area contributed by atoms with Crippen molar-refractivity contribution in [2.45, 2.75) is 39.8 Å². The maximum absolute atomic E-state index is 12.6. The molecule has 7 heteroatoms. The molecule has 2 aromatic rings. The number of aryl methyl sites for hydroxylation is 3. The number of carbonyl (C=O) groups excluding carboxylic acids is 1. The fourth-order valence-corrected chi connectivity index (χ4v) is 3.77. The molecule has 0 spiro atoms. The zero-order valence-corrected chi connectivity index (χ0v) is 15.3. The van der Waals surface area contributed by atoms with Crippen molar-refractivity contribution in [3.63, 3.8) is 0 Å². The molecule has 2 amide bonds. The highest BCUT2D eigenvalue weighted by Crippen LogP contribution is 2.26. The molecule has 1 fully saturated rings. The smallest absolute Gasteiger partial charge is 0.318 e. The van der Waals surface area contributed by atoms with Crippen LogP contribution in [0.25, 0.3) is 0 Å². The van der Waals surface area contributed by atoms with Crippen LogP contribution < -0.4 is 5.32 Å². The topological polar surface area (TPSA) is 67.6 Å². The third kappa shape index (κ3) is 3.62. The molecule has 0 aromatic carbocycles. The standard InChI is InChI=1S/C17H23N3O3S/c1-10-9-24-16(18-10)15-8-20(5-6-22-15)17(21)19-12(3)14-7-11(2)23-13(14)4/h7,9,12,15H,5-6,8H2,1-4H3,(H,19,21)/t12-,15+/m1/s1. The Bertz CT molecular complexity index is 724. The third-order valence-corrected chi connectivity index (χ3v) is 5.21. The number of nitrogens with zero attached hydrogens (tertiary/aromatic N) is 2. The first-order valence-corrected chi connectivity index (χ1v) is 8.98. The van der Waals surface area contributed by atoms with Crippen molar-refractivity contribution >= 4 is 17.4 Å². The summed E-state index contributed by atoms with van der Waals surface area (Å²) < 4.78 is 11.3. The number of urea groups is 1. The number of carbonyl (C=O) groups is 1. The monoisotopic (exact) mass is 349 g/mol. The second-order valence-electron chi connectivity index (χ2n) is 6.17. The van der Waals surface area contributed by atoms with Gasteiger partial charge < -0.3 is 19.4 Å². The molecule has 130 valence electrons. The summed E-state index contributed by atoms with van der Waals surface area (Å²) in [6.07, 6.45) is -0.142. The molecule has 1 aliphatic heterocycles. The molecule has 0 aliphatic carbocycles. The first-order chi connectivity index (χ1) is 11.4. The van der Waals surface area contributed by atoms with Gasteiger partial charge in [-0.05, 0) is 33.8 Å². The minimum Gasteiger partial charge on any atom is -0.466 e. The van der Waals surface area contributed by atoms with E-state index in [4.69, 9.17) is 9.15 Å². The van der Waals surface area contributed by atoms with Gasteiger partial charge in [0.25, 0.3) is 0 Å². The predicted octanol–water partition coefficient (Wildman–Crippen LogP) is 3.51. The molecule has 0 bridgehead atoms. The number of amides is 2. The Balaban J connectivity index is 1.63. The van der Waals surface area contributed by atoms with E-state index < -0.39 is 0 Å². The SMILES string of the molecule is Cc1csc([C@@H]2CN(C(=O)N[C@H](C)c3cc(C)oc3C)CCO2)n1. The number of morpholine rings is 1. The van der Waals surface area contributed by atoms with Crippen LogP contribution in [0.5, 0.6) is 0 Å². The quantitative estimate of drug-likeness (QED) is 0.921. The highest BCUT2D eigenvalue weighted by Gasteiger charge is 2.28. The van der Waals surface area contributed by atoms with Crippen molar-refractivity contribution in [2.75, 3.05) is 19.7 Å². The number of rotatable bonds is 3. The number of hydrogen-bond donors (Lipinski definition) is 1. The lowest BCUT2D eigenvalue weighted by atomic mass is 10.1. The number of nitrogens with one attached hydrogen (secondary N) is 1. The summed E-state index contributed by atoms with van der Waals surface area (Å²) in [5.41, 5.74) is 2.00. The summed E-state index contributed by atoms with van der Waals surface area (Å²) in [6.45, 7) is 9.39. The lowest BCUT2D eigenvalue weighted by molar-refractivity contribution is -0.0158. The number of ether oxygens (including phenoxy) is 1. The van der Waals surface area contributed by atoms with Crippen molar-refractivity contribution in [2.24, 2.45) is 0 Å². The van der Waals surface area contributed by atoms with E-state index in [1.54, 1.807) is 16.2 Å². The van der Waals surface area contributed by atoms with Crippen LogP contribution >= 0.6 is 11.3 Å². The van der Waals surface area contributed by atoms with Gasteiger partial charge >= 0.3 is 6.03 Å². The number of hydrogen-bond acceptors (Lipinski definition) is 5. The maximum atomic E-state index is 12.6. The Morgan fingerprint density at radius 3 is 2.88 bits per heavy atom. The van der Waals surface area contributed by atoms with Gasteiger partial charge in [0.1, 0.15) is 22.6 Å². The number of furan rings is 1. The number of aromatic nitrogens is 1. The summed E-state index contributed by atoms with van der Waals surface area (Å²) in [5, 5.41) is 5.99. The fraction of sp³-hybridized carbons (Fsp3) is 0.529. The van der Waals surface area contributed by atoms with E-state index in [1.165, 1.54) is 0 Å². The van der Waals surface area contributed by atoms with Crippen LogP contribution in [0.15, 0.2) is 15.9 Å². The number of thiazole rings is 1. The third-order valence-electron chi connectivity index (χ3n) is 4.15. The van der Waals surface area contributed by atoms with Gasteiger partial charge in [0.2, 0.25) is 0 Å². The van der Waals surface area contributed by atoms with Crippen molar-refractivity contribution in [1.82, 2.24) is 15.2 Å². The molecular formula is C17H23N3O3S. The second kappa shape index (κ2) is 6.94. The van der Waals surface area contributed by atoms with Gasteiger partial charge in [0.05, 0.1) is 19.2 Å². The summed E-state index contributed by atoms with van der Waals surface area (Å²) in [4.78, 5) is 18.9. The largest absolute Gasteiger partial charge is 0.466 e. The van der Waals surface area contributed by atoms with Crippen LogP contribution in [0.1, 0.15) is 46.9 Å². The lowest BCUT2D eigenvalue weighted by Gasteiger charge is -2.32. The fourth-order valence-electron chi connectivity index (χ4n) is 2.94. The zero-order chi connectivity index (χ0) is 17.3. The molecule has 3 heterocycles. The molecule has 2 atom stereocenters. The van der Waals surface area contributed by atoms with Crippen molar-refractivity contribution in [1.29, 1.82) is 0 Å². The Morgan fingerprint density at radius 2 is 2.25 bits per heavy atom. The van der Waals surface area contributed by atoms with E-state index in [1.807, 2.05) is 39.1 Å². The molecule has 0 radical (unpaired) electrons. The predicted molar refractivity (Wildman–Crippen MR) is 92.2 cm³/mol. The first-order valence-electron chi connectivity index (χ1n) is 8.10. The van der Waals surface area contributed by atoms with Gasteiger partial charge in [0, 0.05) is 23.2 Å². The molecule has 2 aromatic heterocycles. The molecule has 6 nitrogen and oxygen atoms in total. The molecule has 24 heavy (non-hydrogen) atoms. The highest BCUT2D eigenvalue weighted by atomic mass is 32.1. The van der Waals surface area contributed by atoms with Crippen LogP contribution in [-0.4, -0.2) is 35.6 Å². The van der Waals surface area contributed by atoms with Crippen LogP contribution in [0.4, 0.5) is 4.79 Å². The van der Waals surface area contributed by atoms with Crippen LogP contribution in [0.3, 0.4) is 0 Å². The van der Waals surface area contributed by atoms with E-state index in [0.717, 1.165) is 27.8 Å². The van der Waals surface area contributed by atoms with E-state index in [2.05, 4.69) is 10.3 Å². The van der Waals surface area contributed by atoms with Gasteiger partial charge in [0.15, 0.2) is 0 Å². The van der Waals surface area contributed by atoms with Crippen LogP contribution in [0.2, 0.25) is 0 Å².